The number of aromatic nitrogens is 3. The molecule has 2 rings (SSSR count). The lowest BCUT2D eigenvalue weighted by Gasteiger charge is -2.06. The fourth-order valence-corrected chi connectivity index (χ4v) is 1.57. The lowest BCUT2D eigenvalue weighted by atomic mass is 10.4. The van der Waals surface area contributed by atoms with Crippen molar-refractivity contribution in [2.75, 3.05) is 6.54 Å². The zero-order chi connectivity index (χ0) is 10.7. The average Bonchev–Trinajstić information content (AvgIpc) is 2.99. The van der Waals surface area contributed by atoms with Crippen LogP contribution in [0.1, 0.15) is 18.7 Å². The molecule has 0 aromatic carbocycles. The predicted octanol–water partition coefficient (Wildman–Crippen LogP) is 0.543. The highest BCUT2D eigenvalue weighted by molar-refractivity contribution is 6.16. The Morgan fingerprint density at radius 2 is 2.47 bits per heavy atom. The van der Waals surface area contributed by atoms with E-state index in [9.17, 15) is 4.79 Å². The number of nitrogens with one attached hydrogen (secondary N) is 1. The molecule has 0 bridgehead atoms. The van der Waals surface area contributed by atoms with Gasteiger partial charge in [0.15, 0.2) is 0 Å². The Morgan fingerprint density at radius 1 is 1.67 bits per heavy atom. The van der Waals surface area contributed by atoms with Crippen LogP contribution in [0.2, 0.25) is 0 Å². The second-order valence-corrected chi connectivity index (χ2v) is 3.91. The molecule has 1 amide bonds. The average molecular weight is 229 g/mol. The van der Waals surface area contributed by atoms with Crippen LogP contribution in [0, 0.1) is 5.92 Å². The van der Waals surface area contributed by atoms with Crippen molar-refractivity contribution < 1.29 is 4.79 Å². The highest BCUT2D eigenvalue weighted by Crippen LogP contribution is 2.28. The van der Waals surface area contributed by atoms with E-state index in [1.807, 2.05) is 4.57 Å². The van der Waals surface area contributed by atoms with Gasteiger partial charge in [-0.1, -0.05) is 0 Å². The molecule has 5 nitrogen and oxygen atoms in total. The molecule has 0 aliphatic heterocycles. The van der Waals surface area contributed by atoms with Crippen LogP contribution in [-0.2, 0) is 17.2 Å². The first-order valence-electron chi connectivity index (χ1n) is 5.01. The van der Waals surface area contributed by atoms with Crippen molar-refractivity contribution in [2.45, 2.75) is 25.3 Å². The molecular formula is C9H13ClN4O. The van der Waals surface area contributed by atoms with E-state index in [-0.39, 0.29) is 11.8 Å². The molecule has 1 aromatic heterocycles. The number of hydrogen-bond acceptors (Lipinski definition) is 3. The van der Waals surface area contributed by atoms with E-state index in [1.54, 1.807) is 6.33 Å². The molecule has 0 unspecified atom stereocenters. The quantitative estimate of drug-likeness (QED) is 0.749. The Kier molecular flexibility index (Phi) is 3.20. The van der Waals surface area contributed by atoms with Gasteiger partial charge in [-0.05, 0) is 12.8 Å². The maximum atomic E-state index is 11.3. The molecule has 1 aromatic rings. The minimum absolute atomic E-state index is 0.162. The highest BCUT2D eigenvalue weighted by Gasteiger charge is 2.28. The summed E-state index contributed by atoms with van der Waals surface area (Å²) in [5.74, 6) is 1.50. The Hall–Kier alpha value is -1.10. The van der Waals surface area contributed by atoms with Gasteiger partial charge in [0.25, 0.3) is 0 Å². The van der Waals surface area contributed by atoms with Gasteiger partial charge in [-0.2, -0.15) is 0 Å². The van der Waals surface area contributed by atoms with Gasteiger partial charge < -0.3 is 9.88 Å². The molecule has 1 heterocycles. The number of amides is 1. The summed E-state index contributed by atoms with van der Waals surface area (Å²) in [5.41, 5.74) is 0. The minimum atomic E-state index is 0.162. The van der Waals surface area contributed by atoms with Gasteiger partial charge in [0.05, 0.1) is 5.88 Å². The summed E-state index contributed by atoms with van der Waals surface area (Å²) in [4.78, 5) is 11.3. The van der Waals surface area contributed by atoms with E-state index >= 15 is 0 Å². The van der Waals surface area contributed by atoms with Crippen molar-refractivity contribution in [1.29, 1.82) is 0 Å². The minimum Gasteiger partial charge on any atom is -0.354 e. The van der Waals surface area contributed by atoms with Gasteiger partial charge >= 0.3 is 0 Å². The molecular weight excluding hydrogens is 216 g/mol. The van der Waals surface area contributed by atoms with Crippen molar-refractivity contribution in [1.82, 2.24) is 20.1 Å². The zero-order valence-corrected chi connectivity index (χ0v) is 9.07. The van der Waals surface area contributed by atoms with E-state index in [4.69, 9.17) is 11.6 Å². The molecule has 0 atom stereocenters. The van der Waals surface area contributed by atoms with Gasteiger partial charge in [0, 0.05) is 19.0 Å². The van der Waals surface area contributed by atoms with E-state index < -0.39 is 0 Å². The van der Waals surface area contributed by atoms with E-state index in [0.29, 0.717) is 19.0 Å². The maximum absolute atomic E-state index is 11.3. The fraction of sp³-hybridized carbons (Fsp3) is 0.667. The summed E-state index contributed by atoms with van der Waals surface area (Å²) in [7, 11) is 0. The first-order valence-corrected chi connectivity index (χ1v) is 5.55. The zero-order valence-electron chi connectivity index (χ0n) is 8.32. The second kappa shape index (κ2) is 4.61. The molecule has 1 aliphatic carbocycles. The van der Waals surface area contributed by atoms with Crippen LogP contribution in [0.25, 0.3) is 0 Å². The number of halogens is 1. The van der Waals surface area contributed by atoms with E-state index in [1.165, 1.54) is 0 Å². The molecule has 1 saturated carbocycles. The van der Waals surface area contributed by atoms with Gasteiger partial charge in [-0.3, -0.25) is 4.79 Å². The Morgan fingerprint density at radius 3 is 3.13 bits per heavy atom. The van der Waals surface area contributed by atoms with Crippen LogP contribution in [0.5, 0.6) is 0 Å². The fourth-order valence-electron chi connectivity index (χ4n) is 1.36. The number of carbonyl (C=O) groups excluding carboxylic acids is 1. The molecule has 6 heteroatoms. The van der Waals surface area contributed by atoms with Crippen molar-refractivity contribution in [3.63, 3.8) is 0 Å². The third kappa shape index (κ3) is 2.68. The Balaban J connectivity index is 1.75. The summed E-state index contributed by atoms with van der Waals surface area (Å²) < 4.78 is 1.85. The summed E-state index contributed by atoms with van der Waals surface area (Å²) in [5, 5.41) is 10.5. The van der Waals surface area contributed by atoms with Crippen LogP contribution in [0.4, 0.5) is 0 Å². The summed E-state index contributed by atoms with van der Waals surface area (Å²) in [6.07, 6.45) is 3.69. The lowest BCUT2D eigenvalue weighted by molar-refractivity contribution is -0.122. The largest absolute Gasteiger partial charge is 0.354 e. The summed E-state index contributed by atoms with van der Waals surface area (Å²) >= 11 is 5.66. The van der Waals surface area contributed by atoms with Crippen LogP contribution in [0.3, 0.4) is 0 Å². The van der Waals surface area contributed by atoms with Gasteiger partial charge in [-0.15, -0.1) is 21.8 Å². The van der Waals surface area contributed by atoms with Gasteiger partial charge in [0.2, 0.25) is 5.91 Å². The third-order valence-electron chi connectivity index (χ3n) is 2.42. The molecule has 82 valence electrons. The molecule has 15 heavy (non-hydrogen) atoms. The van der Waals surface area contributed by atoms with Crippen LogP contribution in [-0.4, -0.2) is 27.2 Å². The Bertz CT molecular complexity index is 348. The van der Waals surface area contributed by atoms with Crippen LogP contribution < -0.4 is 5.32 Å². The van der Waals surface area contributed by atoms with Crippen LogP contribution >= 0.6 is 11.6 Å². The smallest absolute Gasteiger partial charge is 0.223 e. The molecule has 0 saturated heterocycles. The van der Waals surface area contributed by atoms with Gasteiger partial charge in [-0.25, -0.2) is 0 Å². The molecule has 0 spiro atoms. The monoisotopic (exact) mass is 228 g/mol. The van der Waals surface area contributed by atoms with Crippen molar-refractivity contribution >= 4 is 17.5 Å². The normalized spacial score (nSPS) is 15.3. The molecule has 1 aliphatic rings. The van der Waals surface area contributed by atoms with Crippen molar-refractivity contribution in [3.05, 3.63) is 12.2 Å². The lowest BCUT2D eigenvalue weighted by Crippen LogP contribution is -2.28. The second-order valence-electron chi connectivity index (χ2n) is 3.64. The molecule has 1 fully saturated rings. The summed E-state index contributed by atoms with van der Waals surface area (Å²) in [6, 6.07) is 0. The first-order chi connectivity index (χ1) is 7.31. The van der Waals surface area contributed by atoms with Gasteiger partial charge in [0.1, 0.15) is 12.2 Å². The van der Waals surface area contributed by atoms with Crippen molar-refractivity contribution in [2.24, 2.45) is 5.92 Å². The highest BCUT2D eigenvalue weighted by atomic mass is 35.5. The predicted molar refractivity (Wildman–Crippen MR) is 55.3 cm³/mol. The number of alkyl halides is 1. The maximum Gasteiger partial charge on any atom is 0.223 e. The van der Waals surface area contributed by atoms with Crippen LogP contribution in [0.15, 0.2) is 6.33 Å². The number of hydrogen-bond donors (Lipinski definition) is 1. The number of rotatable bonds is 5. The van der Waals surface area contributed by atoms with Crippen molar-refractivity contribution in [3.8, 4) is 0 Å². The topological polar surface area (TPSA) is 59.8 Å². The summed E-state index contributed by atoms with van der Waals surface area (Å²) in [6.45, 7) is 1.28. The SMILES string of the molecule is O=C(NCCn1cnnc1CCl)C1CC1. The Labute approximate surface area is 92.8 Å². The molecule has 0 radical (unpaired) electrons. The third-order valence-corrected chi connectivity index (χ3v) is 2.65. The standard InChI is InChI=1S/C9H13ClN4O/c10-5-8-13-12-6-14(8)4-3-11-9(15)7-1-2-7/h6-7H,1-5H2,(H,11,15). The number of carbonyl (C=O) groups is 1. The number of nitrogens with zero attached hydrogens (tertiary/aromatic N) is 3. The van der Waals surface area contributed by atoms with E-state index in [0.717, 1.165) is 18.7 Å². The molecule has 1 N–H and O–H groups in total. The van der Waals surface area contributed by atoms with E-state index in [2.05, 4.69) is 15.5 Å². The first kappa shape index (κ1) is 10.4.